The van der Waals surface area contributed by atoms with Gasteiger partial charge in [-0.25, -0.2) is 4.39 Å². The Kier molecular flexibility index (Phi) is 4.65. The Morgan fingerprint density at radius 3 is 2.58 bits per heavy atom. The van der Waals surface area contributed by atoms with Crippen molar-refractivity contribution >= 4 is 57.4 Å². The molecule has 2 nitrogen and oxygen atoms in total. The summed E-state index contributed by atoms with van der Waals surface area (Å²) < 4.78 is 14.6. The molecule has 0 aliphatic carbocycles. The maximum atomic E-state index is 13.7. The number of halogens is 4. The first-order valence-electron chi connectivity index (χ1n) is 5.19. The van der Waals surface area contributed by atoms with Crippen LogP contribution in [-0.2, 0) is 0 Å². The first-order valence-corrected chi connectivity index (χ1v) is 7.03. The van der Waals surface area contributed by atoms with Gasteiger partial charge in [0.25, 0.3) is 5.91 Å². The third-order valence-corrected chi connectivity index (χ3v) is 3.65. The van der Waals surface area contributed by atoms with Gasteiger partial charge in [0.05, 0.1) is 21.3 Å². The van der Waals surface area contributed by atoms with E-state index >= 15 is 0 Å². The maximum absolute atomic E-state index is 13.7. The number of anilines is 1. The minimum atomic E-state index is -0.747. The lowest BCUT2D eigenvalue weighted by Gasteiger charge is -2.08. The largest absolute Gasteiger partial charge is 0.321 e. The van der Waals surface area contributed by atoms with Crippen LogP contribution in [0, 0.1) is 9.39 Å². The molecule has 0 radical (unpaired) electrons. The first-order chi connectivity index (χ1) is 8.99. The Balaban J connectivity index is 2.28. The van der Waals surface area contributed by atoms with Gasteiger partial charge in [-0.15, -0.1) is 0 Å². The molecule has 0 heterocycles. The van der Waals surface area contributed by atoms with E-state index in [1.807, 2.05) is 0 Å². The van der Waals surface area contributed by atoms with Gasteiger partial charge in [0, 0.05) is 3.57 Å². The van der Waals surface area contributed by atoms with Crippen LogP contribution in [0.5, 0.6) is 0 Å². The molecule has 0 saturated heterocycles. The van der Waals surface area contributed by atoms with Crippen molar-refractivity contribution in [3.05, 3.63) is 61.4 Å². The van der Waals surface area contributed by atoms with Crippen molar-refractivity contribution in [2.24, 2.45) is 0 Å². The fourth-order valence-corrected chi connectivity index (χ4v) is 2.54. The summed E-state index contributed by atoms with van der Waals surface area (Å²) in [7, 11) is 0. The highest BCUT2D eigenvalue weighted by molar-refractivity contribution is 14.1. The topological polar surface area (TPSA) is 29.1 Å². The van der Waals surface area contributed by atoms with Crippen LogP contribution < -0.4 is 5.32 Å². The molecule has 1 N–H and O–H groups in total. The van der Waals surface area contributed by atoms with E-state index in [1.54, 1.807) is 18.2 Å². The maximum Gasteiger partial charge on any atom is 0.258 e. The summed E-state index contributed by atoms with van der Waals surface area (Å²) in [6.45, 7) is 0. The monoisotopic (exact) mass is 409 g/mol. The Morgan fingerprint density at radius 1 is 1.16 bits per heavy atom. The molecule has 1 amide bonds. The lowest BCUT2D eigenvalue weighted by molar-refractivity contribution is 0.102. The summed E-state index contributed by atoms with van der Waals surface area (Å²) in [4.78, 5) is 12.0. The van der Waals surface area contributed by atoms with Gasteiger partial charge in [-0.2, -0.15) is 0 Å². The molecule has 0 bridgehead atoms. The van der Waals surface area contributed by atoms with Crippen LogP contribution in [0.2, 0.25) is 10.0 Å². The van der Waals surface area contributed by atoms with Crippen molar-refractivity contribution in [1.29, 1.82) is 0 Å². The van der Waals surface area contributed by atoms with Crippen LogP contribution in [0.4, 0.5) is 10.1 Å². The molecule has 0 aliphatic heterocycles. The zero-order chi connectivity index (χ0) is 14.0. The predicted octanol–water partition coefficient (Wildman–Crippen LogP) is 4.99. The Bertz CT molecular complexity index is 649. The van der Waals surface area contributed by atoms with Crippen molar-refractivity contribution in [3.63, 3.8) is 0 Å². The molecule has 0 saturated carbocycles. The molecule has 0 unspecified atom stereocenters. The van der Waals surface area contributed by atoms with E-state index in [0.29, 0.717) is 10.7 Å². The zero-order valence-corrected chi connectivity index (χ0v) is 13.1. The second-order valence-electron chi connectivity index (χ2n) is 3.68. The van der Waals surface area contributed by atoms with Crippen LogP contribution in [0.15, 0.2) is 36.4 Å². The fourth-order valence-electron chi connectivity index (χ4n) is 1.46. The molecule has 2 aromatic carbocycles. The Labute approximate surface area is 133 Å². The number of rotatable bonds is 2. The van der Waals surface area contributed by atoms with Gasteiger partial charge >= 0.3 is 0 Å². The molecule has 0 aromatic heterocycles. The number of carbonyl (C=O) groups excluding carboxylic acids is 1. The van der Waals surface area contributed by atoms with Gasteiger partial charge < -0.3 is 5.32 Å². The molecule has 0 fully saturated rings. The van der Waals surface area contributed by atoms with E-state index in [0.717, 1.165) is 3.57 Å². The molecule has 98 valence electrons. The minimum absolute atomic E-state index is 0.0960. The summed E-state index contributed by atoms with van der Waals surface area (Å²) in [5.41, 5.74) is 0.300. The predicted molar refractivity (Wildman–Crippen MR) is 83.5 cm³/mol. The second kappa shape index (κ2) is 6.07. The molecule has 2 aromatic rings. The lowest BCUT2D eigenvalue weighted by Crippen LogP contribution is -2.14. The number of amides is 1. The van der Waals surface area contributed by atoms with E-state index in [4.69, 9.17) is 23.2 Å². The molecular weight excluding hydrogens is 403 g/mol. The number of benzene rings is 2. The van der Waals surface area contributed by atoms with Gasteiger partial charge in [0.1, 0.15) is 0 Å². The van der Waals surface area contributed by atoms with Crippen molar-refractivity contribution in [3.8, 4) is 0 Å². The average Bonchev–Trinajstić information content (AvgIpc) is 2.36. The van der Waals surface area contributed by atoms with E-state index < -0.39 is 11.7 Å². The van der Waals surface area contributed by atoms with Crippen LogP contribution in [-0.4, -0.2) is 5.91 Å². The fraction of sp³-hybridized carbons (Fsp3) is 0. The molecule has 2 rings (SSSR count). The van der Waals surface area contributed by atoms with Crippen LogP contribution >= 0.6 is 45.8 Å². The average molecular weight is 410 g/mol. The highest BCUT2D eigenvalue weighted by Crippen LogP contribution is 2.25. The van der Waals surface area contributed by atoms with Gasteiger partial charge in [-0.1, -0.05) is 29.3 Å². The minimum Gasteiger partial charge on any atom is -0.321 e. The van der Waals surface area contributed by atoms with Crippen molar-refractivity contribution in [2.75, 3.05) is 5.32 Å². The van der Waals surface area contributed by atoms with Crippen LogP contribution in [0.25, 0.3) is 0 Å². The normalized spacial score (nSPS) is 10.3. The second-order valence-corrected chi connectivity index (χ2v) is 5.74. The first kappa shape index (κ1) is 14.6. The van der Waals surface area contributed by atoms with Crippen molar-refractivity contribution < 1.29 is 9.18 Å². The molecular formula is C13H7Cl2FINO. The molecule has 0 spiro atoms. The number of hydrogen-bond donors (Lipinski definition) is 1. The lowest BCUT2D eigenvalue weighted by atomic mass is 10.2. The van der Waals surface area contributed by atoms with Gasteiger partial charge in [0.15, 0.2) is 5.82 Å². The quantitative estimate of drug-likeness (QED) is 0.695. The third-order valence-electron chi connectivity index (χ3n) is 2.38. The van der Waals surface area contributed by atoms with Crippen molar-refractivity contribution in [1.82, 2.24) is 0 Å². The smallest absolute Gasteiger partial charge is 0.258 e. The number of hydrogen-bond acceptors (Lipinski definition) is 1. The van der Waals surface area contributed by atoms with Gasteiger partial charge in [-0.05, 0) is 52.9 Å². The Morgan fingerprint density at radius 2 is 1.89 bits per heavy atom. The van der Waals surface area contributed by atoms with Crippen LogP contribution in [0.3, 0.4) is 0 Å². The molecule has 0 atom stereocenters. The summed E-state index contributed by atoms with van der Waals surface area (Å²) in [6, 6.07) is 9.39. The molecule has 6 heteroatoms. The SMILES string of the molecule is O=C(Nc1ccc(I)cc1Cl)c1cccc(Cl)c1F. The summed E-state index contributed by atoms with van der Waals surface area (Å²) >= 11 is 13.7. The zero-order valence-electron chi connectivity index (χ0n) is 9.38. The van der Waals surface area contributed by atoms with E-state index in [1.165, 1.54) is 18.2 Å². The van der Waals surface area contributed by atoms with Crippen LogP contribution in [0.1, 0.15) is 10.4 Å². The van der Waals surface area contributed by atoms with Crippen molar-refractivity contribution in [2.45, 2.75) is 0 Å². The van der Waals surface area contributed by atoms with Gasteiger partial charge in [-0.3, -0.25) is 4.79 Å². The third kappa shape index (κ3) is 3.38. The summed E-state index contributed by atoms with van der Waals surface area (Å²) in [6.07, 6.45) is 0. The van der Waals surface area contributed by atoms with E-state index in [-0.39, 0.29) is 10.6 Å². The highest BCUT2D eigenvalue weighted by atomic mass is 127. The van der Waals surface area contributed by atoms with E-state index in [2.05, 4.69) is 27.9 Å². The van der Waals surface area contributed by atoms with E-state index in [9.17, 15) is 9.18 Å². The van der Waals surface area contributed by atoms with Gasteiger partial charge in [0.2, 0.25) is 0 Å². The summed E-state index contributed by atoms with van der Waals surface area (Å²) in [5, 5.41) is 2.84. The molecule has 19 heavy (non-hydrogen) atoms. The summed E-state index contributed by atoms with van der Waals surface area (Å²) in [5.74, 6) is -1.34. The highest BCUT2D eigenvalue weighted by Gasteiger charge is 2.15. The Hall–Kier alpha value is -0.850. The number of carbonyl (C=O) groups is 1. The standard InChI is InChI=1S/C13H7Cl2FINO/c14-9-3-1-2-8(12(9)16)13(19)18-11-5-4-7(17)6-10(11)15/h1-6H,(H,18,19). The molecule has 0 aliphatic rings. The number of nitrogens with one attached hydrogen (secondary N) is 1.